The Kier molecular flexibility index (Phi) is 5.52. The van der Waals surface area contributed by atoms with Crippen LogP contribution >= 0.6 is 27.7 Å². The van der Waals surface area contributed by atoms with Crippen LogP contribution in [0.4, 0.5) is 4.39 Å². The number of hydrogen-bond acceptors (Lipinski definition) is 2. The van der Waals surface area contributed by atoms with Crippen LogP contribution in [0.2, 0.25) is 0 Å². The van der Waals surface area contributed by atoms with Crippen molar-refractivity contribution in [2.24, 2.45) is 5.92 Å². The summed E-state index contributed by atoms with van der Waals surface area (Å²) in [4.78, 5) is 0. The van der Waals surface area contributed by atoms with Gasteiger partial charge in [0.05, 0.1) is 4.47 Å². The fourth-order valence-corrected chi connectivity index (χ4v) is 4.18. The molecule has 1 nitrogen and oxygen atoms in total. The molecule has 100 valence electrons. The Morgan fingerprint density at radius 1 is 1.44 bits per heavy atom. The summed E-state index contributed by atoms with van der Waals surface area (Å²) in [7, 11) is 0. The molecule has 18 heavy (non-hydrogen) atoms. The van der Waals surface area contributed by atoms with Crippen molar-refractivity contribution >= 4 is 27.7 Å². The molecule has 1 aromatic carbocycles. The third-order valence-electron chi connectivity index (χ3n) is 3.34. The molecule has 1 aliphatic heterocycles. The molecule has 1 saturated heterocycles. The number of benzene rings is 1. The van der Waals surface area contributed by atoms with Crippen molar-refractivity contribution in [3.05, 3.63) is 34.1 Å². The Hall–Kier alpha value is -0.0600. The van der Waals surface area contributed by atoms with E-state index in [0.717, 1.165) is 13.0 Å². The van der Waals surface area contributed by atoms with Gasteiger partial charge in [0.1, 0.15) is 5.82 Å². The van der Waals surface area contributed by atoms with E-state index in [9.17, 15) is 4.39 Å². The van der Waals surface area contributed by atoms with E-state index in [2.05, 4.69) is 28.2 Å². The summed E-state index contributed by atoms with van der Waals surface area (Å²) in [6.45, 7) is 3.29. The van der Waals surface area contributed by atoms with Crippen LogP contribution < -0.4 is 5.32 Å². The van der Waals surface area contributed by atoms with Gasteiger partial charge < -0.3 is 5.32 Å². The molecule has 2 atom stereocenters. The molecule has 0 saturated carbocycles. The van der Waals surface area contributed by atoms with E-state index in [1.165, 1.54) is 23.5 Å². The van der Waals surface area contributed by atoms with Gasteiger partial charge in [-0.1, -0.05) is 13.0 Å². The molecule has 0 radical (unpaired) electrons. The number of hydrogen-bond donors (Lipinski definition) is 1. The fourth-order valence-electron chi connectivity index (χ4n) is 2.32. The number of halogens is 2. The SMILES string of the molecule is CCCNC1CSCC1Cc1ccc(F)c(Br)c1. The highest BCUT2D eigenvalue weighted by atomic mass is 79.9. The van der Waals surface area contributed by atoms with Crippen LogP contribution in [0, 0.1) is 11.7 Å². The van der Waals surface area contributed by atoms with Crippen molar-refractivity contribution in [3.63, 3.8) is 0 Å². The van der Waals surface area contributed by atoms with E-state index in [0.29, 0.717) is 16.4 Å². The van der Waals surface area contributed by atoms with Crippen LogP contribution in [0.15, 0.2) is 22.7 Å². The maximum Gasteiger partial charge on any atom is 0.137 e. The maximum atomic E-state index is 13.2. The first-order chi connectivity index (χ1) is 8.70. The lowest BCUT2D eigenvalue weighted by Gasteiger charge is -2.20. The molecule has 2 rings (SSSR count). The standard InChI is InChI=1S/C14H19BrFNS/c1-2-5-17-14-9-18-8-11(14)6-10-3-4-13(16)12(15)7-10/h3-4,7,11,14,17H,2,5-6,8-9H2,1H3. The Morgan fingerprint density at radius 3 is 3.00 bits per heavy atom. The van der Waals surface area contributed by atoms with E-state index in [4.69, 9.17) is 0 Å². The van der Waals surface area contributed by atoms with Crippen molar-refractivity contribution in [1.82, 2.24) is 5.32 Å². The summed E-state index contributed by atoms with van der Waals surface area (Å²) in [5.41, 5.74) is 1.22. The molecule has 0 spiro atoms. The van der Waals surface area contributed by atoms with Gasteiger partial charge in [-0.25, -0.2) is 4.39 Å². The second-order valence-corrected chi connectivity index (χ2v) is 6.74. The van der Waals surface area contributed by atoms with Gasteiger partial charge in [0.15, 0.2) is 0 Å². The molecule has 0 aliphatic carbocycles. The van der Waals surface area contributed by atoms with Crippen LogP contribution in [-0.2, 0) is 6.42 Å². The zero-order chi connectivity index (χ0) is 13.0. The molecule has 0 bridgehead atoms. The molecule has 0 aromatic heterocycles. The summed E-state index contributed by atoms with van der Waals surface area (Å²) in [5.74, 6) is 2.89. The summed E-state index contributed by atoms with van der Waals surface area (Å²) in [5, 5.41) is 3.62. The monoisotopic (exact) mass is 331 g/mol. The van der Waals surface area contributed by atoms with Crippen molar-refractivity contribution in [2.75, 3.05) is 18.1 Å². The van der Waals surface area contributed by atoms with Crippen molar-refractivity contribution in [2.45, 2.75) is 25.8 Å². The van der Waals surface area contributed by atoms with Gasteiger partial charge >= 0.3 is 0 Å². The first-order valence-electron chi connectivity index (χ1n) is 6.45. The van der Waals surface area contributed by atoms with Gasteiger partial charge in [0.25, 0.3) is 0 Å². The Bertz CT molecular complexity index is 399. The summed E-state index contributed by atoms with van der Waals surface area (Å²) in [6.07, 6.45) is 2.21. The van der Waals surface area contributed by atoms with Gasteiger partial charge in [-0.2, -0.15) is 11.8 Å². The van der Waals surface area contributed by atoms with E-state index in [1.807, 2.05) is 23.9 Å². The normalized spacial score (nSPS) is 23.5. The van der Waals surface area contributed by atoms with Crippen LogP contribution in [0.25, 0.3) is 0 Å². The average molecular weight is 332 g/mol. The molecular formula is C14H19BrFNS. The van der Waals surface area contributed by atoms with Crippen LogP contribution in [0.5, 0.6) is 0 Å². The van der Waals surface area contributed by atoms with Gasteiger partial charge in [-0.05, 0) is 64.7 Å². The summed E-state index contributed by atoms with van der Waals surface area (Å²) >= 11 is 5.28. The molecule has 2 unspecified atom stereocenters. The highest BCUT2D eigenvalue weighted by Crippen LogP contribution is 2.28. The number of thioether (sulfide) groups is 1. The molecular weight excluding hydrogens is 313 g/mol. The number of nitrogens with one attached hydrogen (secondary N) is 1. The summed E-state index contributed by atoms with van der Waals surface area (Å²) in [6, 6.07) is 5.98. The molecule has 4 heteroatoms. The van der Waals surface area contributed by atoms with Crippen LogP contribution in [0.1, 0.15) is 18.9 Å². The summed E-state index contributed by atoms with van der Waals surface area (Å²) < 4.78 is 13.8. The van der Waals surface area contributed by atoms with E-state index in [-0.39, 0.29) is 5.82 Å². The highest BCUT2D eigenvalue weighted by molar-refractivity contribution is 9.10. The second-order valence-electron chi connectivity index (χ2n) is 4.81. The van der Waals surface area contributed by atoms with Crippen LogP contribution in [-0.4, -0.2) is 24.1 Å². The lowest BCUT2D eigenvalue weighted by Crippen LogP contribution is -2.36. The molecule has 1 fully saturated rings. The minimum atomic E-state index is -0.180. The average Bonchev–Trinajstić information content (AvgIpc) is 2.79. The van der Waals surface area contributed by atoms with E-state index < -0.39 is 0 Å². The molecule has 0 amide bonds. The van der Waals surface area contributed by atoms with E-state index in [1.54, 1.807) is 6.07 Å². The number of rotatable bonds is 5. The quantitative estimate of drug-likeness (QED) is 0.879. The lowest BCUT2D eigenvalue weighted by molar-refractivity contribution is 0.425. The Labute approximate surface area is 121 Å². The molecule has 1 aliphatic rings. The predicted molar refractivity (Wildman–Crippen MR) is 80.7 cm³/mol. The largest absolute Gasteiger partial charge is 0.313 e. The van der Waals surface area contributed by atoms with Crippen molar-refractivity contribution < 1.29 is 4.39 Å². The highest BCUT2D eigenvalue weighted by Gasteiger charge is 2.27. The first kappa shape index (κ1) is 14.4. The zero-order valence-corrected chi connectivity index (χ0v) is 13.0. The fraction of sp³-hybridized carbons (Fsp3) is 0.571. The van der Waals surface area contributed by atoms with E-state index >= 15 is 0 Å². The van der Waals surface area contributed by atoms with Crippen molar-refractivity contribution in [1.29, 1.82) is 0 Å². The van der Waals surface area contributed by atoms with Gasteiger partial charge in [0.2, 0.25) is 0 Å². The smallest absolute Gasteiger partial charge is 0.137 e. The Balaban J connectivity index is 1.96. The topological polar surface area (TPSA) is 12.0 Å². The minimum absolute atomic E-state index is 0.180. The predicted octanol–water partition coefficient (Wildman–Crippen LogP) is 3.86. The lowest BCUT2D eigenvalue weighted by atomic mass is 9.95. The minimum Gasteiger partial charge on any atom is -0.313 e. The van der Waals surface area contributed by atoms with Gasteiger partial charge in [-0.15, -0.1) is 0 Å². The second kappa shape index (κ2) is 6.92. The Morgan fingerprint density at radius 2 is 2.28 bits per heavy atom. The third kappa shape index (κ3) is 3.72. The molecule has 1 aromatic rings. The third-order valence-corrected chi connectivity index (χ3v) is 5.20. The first-order valence-corrected chi connectivity index (χ1v) is 8.40. The molecule has 1 N–H and O–H groups in total. The molecule has 1 heterocycles. The van der Waals surface area contributed by atoms with Crippen LogP contribution in [0.3, 0.4) is 0 Å². The van der Waals surface area contributed by atoms with Gasteiger partial charge in [0, 0.05) is 11.8 Å². The maximum absolute atomic E-state index is 13.2. The zero-order valence-electron chi connectivity index (χ0n) is 10.6. The van der Waals surface area contributed by atoms with Gasteiger partial charge in [-0.3, -0.25) is 0 Å². The van der Waals surface area contributed by atoms with Crippen molar-refractivity contribution in [3.8, 4) is 0 Å².